The smallest absolute Gasteiger partial charge is 0.181 e. The van der Waals surface area contributed by atoms with Crippen molar-refractivity contribution < 1.29 is 4.74 Å². The maximum absolute atomic E-state index is 5.54. The Kier molecular flexibility index (Phi) is 4.94. The molecule has 0 fully saturated rings. The predicted octanol–water partition coefficient (Wildman–Crippen LogP) is 4.66. The number of benzene rings is 1. The van der Waals surface area contributed by atoms with Crippen molar-refractivity contribution in [1.29, 1.82) is 0 Å². The number of halogens is 1. The Morgan fingerprint density at radius 1 is 1.25 bits per heavy atom. The lowest BCUT2D eigenvalue weighted by Gasteiger charge is -2.09. The van der Waals surface area contributed by atoms with Crippen molar-refractivity contribution in [3.05, 3.63) is 34.2 Å². The number of hydrogen-bond donors (Lipinski definition) is 0. The number of imidazole rings is 1. The highest BCUT2D eigenvalue weighted by molar-refractivity contribution is 9.10. The Labute approximate surface area is 150 Å². The van der Waals surface area contributed by atoms with Crippen LogP contribution in [0.4, 0.5) is 0 Å². The fraction of sp³-hybridized carbons (Fsp3) is 0.444. The van der Waals surface area contributed by atoms with Gasteiger partial charge in [-0.2, -0.15) is 5.10 Å². The number of fused-ring (bicyclic) bond motifs is 1. The van der Waals surface area contributed by atoms with Gasteiger partial charge in [0.1, 0.15) is 22.8 Å². The zero-order chi connectivity index (χ0) is 17.3. The number of ether oxygens (including phenoxy) is 1. The Balaban J connectivity index is 2.22. The normalized spacial score (nSPS) is 11.4. The second kappa shape index (κ2) is 6.97. The average Bonchev–Trinajstić information content (AvgIpc) is 3.10. The first-order chi connectivity index (χ1) is 11.6. The van der Waals surface area contributed by atoms with Crippen LogP contribution < -0.4 is 4.74 Å². The molecular formula is C18H23BrN4O. The van der Waals surface area contributed by atoms with Gasteiger partial charge in [-0.15, -0.1) is 0 Å². The highest BCUT2D eigenvalue weighted by Crippen LogP contribution is 2.30. The van der Waals surface area contributed by atoms with Crippen LogP contribution in [0.15, 0.2) is 22.7 Å². The minimum atomic E-state index is 0.773. The Morgan fingerprint density at radius 2 is 2.04 bits per heavy atom. The van der Waals surface area contributed by atoms with Gasteiger partial charge in [0.05, 0.1) is 12.8 Å². The first kappa shape index (κ1) is 17.0. The zero-order valence-electron chi connectivity index (χ0n) is 14.6. The van der Waals surface area contributed by atoms with E-state index in [1.807, 2.05) is 29.8 Å². The maximum Gasteiger partial charge on any atom is 0.181 e. The summed E-state index contributed by atoms with van der Waals surface area (Å²) in [4.78, 5) is 4.88. The van der Waals surface area contributed by atoms with Gasteiger partial charge in [-0.25, -0.2) is 9.67 Å². The molecule has 0 saturated carbocycles. The van der Waals surface area contributed by atoms with E-state index in [0.717, 1.165) is 64.4 Å². The molecule has 0 aliphatic heterocycles. The molecule has 0 atom stereocenters. The van der Waals surface area contributed by atoms with E-state index in [1.54, 1.807) is 7.11 Å². The van der Waals surface area contributed by atoms with Crippen LogP contribution in [0.5, 0.6) is 5.75 Å². The number of rotatable bonds is 6. The Hall–Kier alpha value is -1.82. The molecule has 6 heteroatoms. The number of aryl methyl sites for hydroxylation is 3. The molecule has 0 aliphatic carbocycles. The van der Waals surface area contributed by atoms with Crippen LogP contribution >= 0.6 is 15.9 Å². The minimum absolute atomic E-state index is 0.773. The summed E-state index contributed by atoms with van der Waals surface area (Å²) in [5.74, 6) is 1.89. The number of nitrogens with zero attached hydrogens (tertiary/aromatic N) is 4. The summed E-state index contributed by atoms with van der Waals surface area (Å²) in [6.45, 7) is 7.40. The first-order valence-electron chi connectivity index (χ1n) is 8.39. The van der Waals surface area contributed by atoms with E-state index < -0.39 is 0 Å². The van der Waals surface area contributed by atoms with Crippen LogP contribution in [-0.2, 0) is 13.0 Å². The van der Waals surface area contributed by atoms with Crippen molar-refractivity contribution >= 4 is 27.1 Å². The first-order valence-corrected chi connectivity index (χ1v) is 9.18. The summed E-state index contributed by atoms with van der Waals surface area (Å²) in [6, 6.07) is 5.95. The lowest BCUT2D eigenvalue weighted by atomic mass is 10.3. The van der Waals surface area contributed by atoms with Gasteiger partial charge < -0.3 is 9.30 Å². The Bertz CT molecular complexity index is 866. The fourth-order valence-corrected chi connectivity index (χ4v) is 3.40. The molecule has 0 spiro atoms. The molecule has 0 amide bonds. The van der Waals surface area contributed by atoms with Crippen molar-refractivity contribution in [3.63, 3.8) is 0 Å². The van der Waals surface area contributed by atoms with Crippen molar-refractivity contribution in [3.8, 4) is 11.4 Å². The van der Waals surface area contributed by atoms with E-state index in [0.29, 0.717) is 0 Å². The predicted molar refractivity (Wildman–Crippen MR) is 100 cm³/mol. The summed E-state index contributed by atoms with van der Waals surface area (Å²) in [5.41, 5.74) is 3.94. The van der Waals surface area contributed by atoms with Crippen molar-refractivity contribution in [2.24, 2.45) is 0 Å². The summed E-state index contributed by atoms with van der Waals surface area (Å²) in [5, 5.41) is 4.74. The number of hydrogen-bond acceptors (Lipinski definition) is 3. The van der Waals surface area contributed by atoms with Gasteiger partial charge in [-0.3, -0.25) is 0 Å². The number of methoxy groups -OCH3 is 1. The summed E-state index contributed by atoms with van der Waals surface area (Å²) in [7, 11) is 1.68. The van der Waals surface area contributed by atoms with Crippen LogP contribution in [0.1, 0.15) is 38.2 Å². The molecule has 0 bridgehead atoms. The molecule has 24 heavy (non-hydrogen) atoms. The maximum atomic E-state index is 5.54. The van der Waals surface area contributed by atoms with Crippen LogP contribution in [0, 0.1) is 6.92 Å². The average molecular weight is 391 g/mol. The molecule has 1 aromatic carbocycles. The fourth-order valence-electron chi connectivity index (χ4n) is 3.06. The van der Waals surface area contributed by atoms with Gasteiger partial charge in [0.25, 0.3) is 0 Å². The van der Waals surface area contributed by atoms with E-state index in [4.69, 9.17) is 14.8 Å². The van der Waals surface area contributed by atoms with Crippen molar-refractivity contribution in [2.75, 3.05) is 7.11 Å². The monoisotopic (exact) mass is 390 g/mol. The molecule has 3 rings (SSSR count). The lowest BCUT2D eigenvalue weighted by molar-refractivity contribution is 0.411. The van der Waals surface area contributed by atoms with Crippen LogP contribution in [0.3, 0.4) is 0 Å². The molecule has 0 unspecified atom stereocenters. The molecule has 0 aliphatic rings. The second-order valence-corrected chi connectivity index (χ2v) is 6.79. The number of unbranched alkanes of at least 4 members (excludes halogenated alkanes) is 1. The number of aromatic nitrogens is 4. The van der Waals surface area contributed by atoms with E-state index in [9.17, 15) is 0 Å². The van der Waals surface area contributed by atoms with E-state index in [-0.39, 0.29) is 0 Å². The van der Waals surface area contributed by atoms with E-state index >= 15 is 0 Å². The van der Waals surface area contributed by atoms with Crippen LogP contribution in [0.2, 0.25) is 0 Å². The van der Waals surface area contributed by atoms with Gasteiger partial charge in [0.2, 0.25) is 0 Å². The van der Waals surface area contributed by atoms with Crippen LogP contribution in [0.25, 0.3) is 16.9 Å². The molecule has 0 N–H and O–H groups in total. The third-order valence-electron chi connectivity index (χ3n) is 4.24. The van der Waals surface area contributed by atoms with Gasteiger partial charge in [0, 0.05) is 17.4 Å². The van der Waals surface area contributed by atoms with Crippen molar-refractivity contribution in [1.82, 2.24) is 19.3 Å². The molecule has 128 valence electrons. The SMILES string of the molecule is CCCCn1c(CC)nc2c1c(C)nn2-c1ccc(Br)cc1OC. The molecule has 0 saturated heterocycles. The standard InChI is InChI=1S/C18H23BrN4O/c1-5-7-10-22-16(6-2)20-18-17(22)12(3)21-23(18)14-9-8-13(19)11-15(14)24-4/h8-9,11H,5-7,10H2,1-4H3. The summed E-state index contributed by atoms with van der Waals surface area (Å²) < 4.78 is 10.7. The quantitative estimate of drug-likeness (QED) is 0.614. The molecule has 3 aromatic rings. The highest BCUT2D eigenvalue weighted by Gasteiger charge is 2.20. The molecule has 2 heterocycles. The second-order valence-electron chi connectivity index (χ2n) is 5.87. The van der Waals surface area contributed by atoms with Gasteiger partial charge in [-0.1, -0.05) is 36.2 Å². The largest absolute Gasteiger partial charge is 0.494 e. The van der Waals surface area contributed by atoms with E-state index in [1.165, 1.54) is 0 Å². The van der Waals surface area contributed by atoms with Crippen LogP contribution in [-0.4, -0.2) is 26.4 Å². The van der Waals surface area contributed by atoms with Gasteiger partial charge in [-0.05, 0) is 31.5 Å². The molecule has 2 aromatic heterocycles. The van der Waals surface area contributed by atoms with Crippen molar-refractivity contribution in [2.45, 2.75) is 46.6 Å². The van der Waals surface area contributed by atoms with Gasteiger partial charge >= 0.3 is 0 Å². The zero-order valence-corrected chi connectivity index (χ0v) is 16.2. The summed E-state index contributed by atoms with van der Waals surface area (Å²) in [6.07, 6.45) is 3.22. The lowest BCUT2D eigenvalue weighted by Crippen LogP contribution is -2.04. The molecule has 0 radical (unpaired) electrons. The van der Waals surface area contributed by atoms with Gasteiger partial charge in [0.15, 0.2) is 5.65 Å². The summed E-state index contributed by atoms with van der Waals surface area (Å²) >= 11 is 3.49. The third kappa shape index (κ3) is 2.83. The minimum Gasteiger partial charge on any atom is -0.494 e. The Morgan fingerprint density at radius 3 is 2.71 bits per heavy atom. The highest BCUT2D eigenvalue weighted by atomic mass is 79.9. The third-order valence-corrected chi connectivity index (χ3v) is 4.74. The molecular weight excluding hydrogens is 368 g/mol. The molecule has 5 nitrogen and oxygen atoms in total. The van der Waals surface area contributed by atoms with E-state index in [2.05, 4.69) is 34.3 Å². The topological polar surface area (TPSA) is 44.9 Å².